The first-order valence-electron chi connectivity index (χ1n) is 7.15. The van der Waals surface area contributed by atoms with Crippen LogP contribution in [-0.2, 0) is 9.47 Å². The first kappa shape index (κ1) is 14.6. The average Bonchev–Trinajstić information content (AvgIpc) is 2.90. The van der Waals surface area contributed by atoms with Crippen LogP contribution in [-0.4, -0.2) is 30.5 Å². The normalized spacial score (nSPS) is 17.3. The molecular weight excluding hydrogens is 288 g/mol. The summed E-state index contributed by atoms with van der Waals surface area (Å²) in [4.78, 5) is 4.65. The lowest BCUT2D eigenvalue weighted by atomic mass is 10.1. The number of nitrogens with zero attached hydrogens (tertiary/aromatic N) is 1. The molecule has 0 unspecified atom stereocenters. The van der Waals surface area contributed by atoms with Gasteiger partial charge in [0.25, 0.3) is 0 Å². The van der Waals surface area contributed by atoms with Gasteiger partial charge in [0.2, 0.25) is 0 Å². The van der Waals surface area contributed by atoms with E-state index in [9.17, 15) is 0 Å². The zero-order chi connectivity index (χ0) is 14.9. The summed E-state index contributed by atoms with van der Waals surface area (Å²) in [6, 6.07) is 7.93. The molecule has 0 saturated carbocycles. The van der Waals surface area contributed by atoms with Gasteiger partial charge in [-0.15, -0.1) is 0 Å². The van der Waals surface area contributed by atoms with E-state index in [1.165, 1.54) is 0 Å². The minimum Gasteiger partial charge on any atom is -0.370 e. The van der Waals surface area contributed by atoms with Gasteiger partial charge in [0.15, 0.2) is 5.79 Å². The third kappa shape index (κ3) is 3.12. The number of pyridine rings is 1. The quantitative estimate of drug-likeness (QED) is 0.934. The lowest BCUT2D eigenvalue weighted by Gasteiger charge is -2.22. The molecule has 3 rings (SSSR count). The third-order valence-electron chi connectivity index (χ3n) is 3.83. The monoisotopic (exact) mass is 306 g/mol. The van der Waals surface area contributed by atoms with Crippen LogP contribution >= 0.6 is 11.6 Å². The number of benzene rings is 1. The molecule has 0 amide bonds. The van der Waals surface area contributed by atoms with Crippen LogP contribution in [0, 0.1) is 6.92 Å². The van der Waals surface area contributed by atoms with E-state index in [0.717, 1.165) is 40.3 Å². The lowest BCUT2D eigenvalue weighted by Crippen LogP contribution is -2.28. The highest BCUT2D eigenvalue weighted by Gasteiger charge is 2.30. The second-order valence-corrected chi connectivity index (χ2v) is 5.86. The SMILES string of the molecule is Cc1c(Cl)ccc2ccc(NCCC3(C)OCCO3)nc12. The molecule has 1 aliphatic rings. The summed E-state index contributed by atoms with van der Waals surface area (Å²) in [5, 5.41) is 5.16. The standard InChI is InChI=1S/C16H19ClN2O2/c1-11-13(17)5-3-12-4-6-14(19-15(11)12)18-8-7-16(2)20-9-10-21-16/h3-6H,7-10H2,1-2H3,(H,18,19). The predicted molar refractivity (Wildman–Crippen MR) is 84.9 cm³/mol. The molecule has 1 saturated heterocycles. The first-order chi connectivity index (χ1) is 10.1. The number of nitrogens with one attached hydrogen (secondary N) is 1. The fourth-order valence-corrected chi connectivity index (χ4v) is 2.68. The third-order valence-corrected chi connectivity index (χ3v) is 4.24. The fourth-order valence-electron chi connectivity index (χ4n) is 2.52. The second kappa shape index (κ2) is 5.79. The van der Waals surface area contributed by atoms with E-state index in [1.807, 2.05) is 32.0 Å². The minimum atomic E-state index is -0.469. The minimum absolute atomic E-state index is 0.469. The largest absolute Gasteiger partial charge is 0.370 e. The van der Waals surface area contributed by atoms with Crippen molar-refractivity contribution in [3.05, 3.63) is 34.9 Å². The van der Waals surface area contributed by atoms with Gasteiger partial charge in [0, 0.05) is 23.4 Å². The van der Waals surface area contributed by atoms with E-state index < -0.39 is 5.79 Å². The highest BCUT2D eigenvalue weighted by atomic mass is 35.5. The van der Waals surface area contributed by atoms with Crippen LogP contribution in [0.5, 0.6) is 0 Å². The molecule has 0 radical (unpaired) electrons. The van der Waals surface area contributed by atoms with Gasteiger partial charge in [-0.05, 0) is 37.6 Å². The number of ether oxygens (including phenoxy) is 2. The van der Waals surface area contributed by atoms with Crippen LogP contribution in [0.1, 0.15) is 18.9 Å². The highest BCUT2D eigenvalue weighted by molar-refractivity contribution is 6.32. The summed E-state index contributed by atoms with van der Waals surface area (Å²) < 4.78 is 11.2. The van der Waals surface area contributed by atoms with Gasteiger partial charge in [-0.25, -0.2) is 4.98 Å². The summed E-state index contributed by atoms with van der Waals surface area (Å²) in [5.74, 6) is 0.373. The molecule has 2 heterocycles. The van der Waals surface area contributed by atoms with Crippen molar-refractivity contribution in [1.82, 2.24) is 4.98 Å². The van der Waals surface area contributed by atoms with E-state index >= 15 is 0 Å². The number of aryl methyl sites for hydroxylation is 1. The van der Waals surface area contributed by atoms with Gasteiger partial charge < -0.3 is 14.8 Å². The average molecular weight is 307 g/mol. The first-order valence-corrected chi connectivity index (χ1v) is 7.53. The maximum atomic E-state index is 6.16. The van der Waals surface area contributed by atoms with E-state index in [2.05, 4.69) is 16.4 Å². The van der Waals surface area contributed by atoms with Crippen molar-refractivity contribution in [3.63, 3.8) is 0 Å². The molecular formula is C16H19ClN2O2. The van der Waals surface area contributed by atoms with Crippen molar-refractivity contribution in [1.29, 1.82) is 0 Å². The number of anilines is 1. The van der Waals surface area contributed by atoms with Crippen LogP contribution < -0.4 is 5.32 Å². The second-order valence-electron chi connectivity index (χ2n) is 5.45. The Morgan fingerprint density at radius 3 is 2.71 bits per heavy atom. The Labute approximate surface area is 129 Å². The molecule has 0 atom stereocenters. The summed E-state index contributed by atoms with van der Waals surface area (Å²) in [6.07, 6.45) is 0.779. The van der Waals surface area contributed by atoms with E-state index in [1.54, 1.807) is 0 Å². The number of hydrogen-bond donors (Lipinski definition) is 1. The molecule has 112 valence electrons. The molecule has 2 aromatic rings. The topological polar surface area (TPSA) is 43.4 Å². The summed E-state index contributed by atoms with van der Waals surface area (Å²) >= 11 is 6.16. The Morgan fingerprint density at radius 1 is 1.24 bits per heavy atom. The Morgan fingerprint density at radius 2 is 1.95 bits per heavy atom. The van der Waals surface area contributed by atoms with Crippen molar-refractivity contribution < 1.29 is 9.47 Å². The van der Waals surface area contributed by atoms with Gasteiger partial charge in [0.1, 0.15) is 5.82 Å². The van der Waals surface area contributed by atoms with Gasteiger partial charge in [-0.1, -0.05) is 17.7 Å². The molecule has 1 N–H and O–H groups in total. The van der Waals surface area contributed by atoms with Crippen molar-refractivity contribution in [2.75, 3.05) is 25.1 Å². The smallest absolute Gasteiger partial charge is 0.167 e. The summed E-state index contributed by atoms with van der Waals surface area (Å²) in [6.45, 7) is 6.04. The van der Waals surface area contributed by atoms with E-state index in [4.69, 9.17) is 21.1 Å². The zero-order valence-electron chi connectivity index (χ0n) is 12.3. The molecule has 0 spiro atoms. The molecule has 1 fully saturated rings. The van der Waals surface area contributed by atoms with Gasteiger partial charge >= 0.3 is 0 Å². The molecule has 0 aliphatic carbocycles. The highest BCUT2D eigenvalue weighted by Crippen LogP contribution is 2.26. The molecule has 1 aromatic carbocycles. The van der Waals surface area contributed by atoms with E-state index in [0.29, 0.717) is 13.2 Å². The maximum absolute atomic E-state index is 6.16. The van der Waals surface area contributed by atoms with Gasteiger partial charge in [-0.2, -0.15) is 0 Å². The van der Waals surface area contributed by atoms with Crippen LogP contribution in [0.25, 0.3) is 10.9 Å². The predicted octanol–water partition coefficient (Wildman–Crippen LogP) is 3.76. The van der Waals surface area contributed by atoms with Crippen molar-refractivity contribution in [3.8, 4) is 0 Å². The molecule has 4 nitrogen and oxygen atoms in total. The number of hydrogen-bond acceptors (Lipinski definition) is 4. The van der Waals surface area contributed by atoms with Crippen LogP contribution in [0.3, 0.4) is 0 Å². The molecule has 5 heteroatoms. The van der Waals surface area contributed by atoms with Crippen LogP contribution in [0.4, 0.5) is 5.82 Å². The van der Waals surface area contributed by atoms with Crippen LogP contribution in [0.2, 0.25) is 5.02 Å². The van der Waals surface area contributed by atoms with Crippen molar-refractivity contribution >= 4 is 28.3 Å². The van der Waals surface area contributed by atoms with Crippen molar-refractivity contribution in [2.24, 2.45) is 0 Å². The molecule has 21 heavy (non-hydrogen) atoms. The summed E-state index contributed by atoms with van der Waals surface area (Å²) in [7, 11) is 0. The zero-order valence-corrected chi connectivity index (χ0v) is 13.0. The summed E-state index contributed by atoms with van der Waals surface area (Å²) in [5.41, 5.74) is 1.94. The van der Waals surface area contributed by atoms with Gasteiger partial charge in [0.05, 0.1) is 18.7 Å². The molecule has 1 aromatic heterocycles. The molecule has 0 bridgehead atoms. The van der Waals surface area contributed by atoms with E-state index in [-0.39, 0.29) is 0 Å². The maximum Gasteiger partial charge on any atom is 0.167 e. The number of fused-ring (bicyclic) bond motifs is 1. The Balaban J connectivity index is 1.71. The number of rotatable bonds is 4. The fraction of sp³-hybridized carbons (Fsp3) is 0.438. The lowest BCUT2D eigenvalue weighted by molar-refractivity contribution is -0.144. The molecule has 1 aliphatic heterocycles. The number of halogens is 1. The Bertz CT molecular complexity index is 654. The van der Waals surface area contributed by atoms with Crippen molar-refractivity contribution in [2.45, 2.75) is 26.1 Å². The van der Waals surface area contributed by atoms with Crippen LogP contribution in [0.15, 0.2) is 24.3 Å². The van der Waals surface area contributed by atoms with Gasteiger partial charge in [-0.3, -0.25) is 0 Å². The Kier molecular flexibility index (Phi) is 4.02. The number of aromatic nitrogens is 1. The Hall–Kier alpha value is -1.36.